The second-order valence-electron chi connectivity index (χ2n) is 9.13. The third-order valence-electron chi connectivity index (χ3n) is 7.29. The number of fused-ring (bicyclic) bond motifs is 2. The minimum absolute atomic E-state index is 0.00242. The number of amides is 1. The molecule has 1 spiro atoms. The van der Waals surface area contributed by atoms with Crippen molar-refractivity contribution in [3.63, 3.8) is 0 Å². The van der Waals surface area contributed by atoms with Crippen LogP contribution in [0, 0.1) is 11.7 Å². The van der Waals surface area contributed by atoms with Crippen LogP contribution in [0.5, 0.6) is 0 Å². The SMILES string of the molecule is CC(C)C1(c2cccc(F)c2)CC12C(=O)N(Cc1cccc(C(=O)O)c1)c1ccccc12. The molecule has 1 aliphatic carbocycles. The van der Waals surface area contributed by atoms with E-state index < -0.39 is 16.8 Å². The van der Waals surface area contributed by atoms with E-state index in [0.29, 0.717) is 6.42 Å². The molecule has 0 radical (unpaired) electrons. The Morgan fingerprint density at radius 2 is 1.81 bits per heavy atom. The fraction of sp³-hybridized carbons (Fsp3) is 0.259. The summed E-state index contributed by atoms with van der Waals surface area (Å²) in [4.78, 5) is 27.2. The Morgan fingerprint density at radius 3 is 2.53 bits per heavy atom. The van der Waals surface area contributed by atoms with E-state index in [9.17, 15) is 19.1 Å². The van der Waals surface area contributed by atoms with Gasteiger partial charge in [-0.1, -0.05) is 56.3 Å². The Balaban J connectivity index is 1.61. The number of carboxylic acids is 1. The standard InChI is InChI=1S/C27H24FNO3/c1-17(2)26(20-9-6-10-21(28)14-20)16-27(26)22-11-3-4-12-23(22)29(25(27)32)15-18-7-5-8-19(13-18)24(30)31/h3-14,17H,15-16H2,1-2H3,(H,30,31). The summed E-state index contributed by atoms with van der Waals surface area (Å²) in [6.07, 6.45) is 0.628. The van der Waals surface area contributed by atoms with Crippen molar-refractivity contribution in [1.82, 2.24) is 0 Å². The number of carbonyl (C=O) groups is 2. The largest absolute Gasteiger partial charge is 0.478 e. The lowest BCUT2D eigenvalue weighted by atomic mass is 9.75. The molecule has 2 atom stereocenters. The quantitative estimate of drug-likeness (QED) is 0.598. The summed E-state index contributed by atoms with van der Waals surface area (Å²) < 4.78 is 14.2. The van der Waals surface area contributed by atoms with Gasteiger partial charge in [0, 0.05) is 11.1 Å². The highest BCUT2D eigenvalue weighted by Crippen LogP contribution is 2.73. The first-order chi connectivity index (χ1) is 15.3. The summed E-state index contributed by atoms with van der Waals surface area (Å²) in [6, 6.07) is 21.1. The van der Waals surface area contributed by atoms with Crippen LogP contribution in [0.25, 0.3) is 0 Å². The monoisotopic (exact) mass is 429 g/mol. The summed E-state index contributed by atoms with van der Waals surface area (Å²) in [5.41, 5.74) is 2.39. The lowest BCUT2D eigenvalue weighted by molar-refractivity contribution is -0.121. The third-order valence-corrected chi connectivity index (χ3v) is 7.29. The van der Waals surface area contributed by atoms with Gasteiger partial charge in [-0.25, -0.2) is 9.18 Å². The summed E-state index contributed by atoms with van der Waals surface area (Å²) in [5.74, 6) is -1.18. The van der Waals surface area contributed by atoms with Crippen molar-refractivity contribution in [3.8, 4) is 0 Å². The van der Waals surface area contributed by atoms with E-state index >= 15 is 0 Å². The van der Waals surface area contributed by atoms with Crippen LogP contribution in [0.15, 0.2) is 72.8 Å². The maximum Gasteiger partial charge on any atom is 0.335 e. The molecule has 0 bridgehead atoms. The van der Waals surface area contributed by atoms with Crippen LogP contribution in [0.3, 0.4) is 0 Å². The summed E-state index contributed by atoms with van der Waals surface area (Å²) in [5, 5.41) is 9.34. The molecule has 5 rings (SSSR count). The molecule has 1 amide bonds. The minimum Gasteiger partial charge on any atom is -0.478 e. The van der Waals surface area contributed by atoms with Gasteiger partial charge in [0.15, 0.2) is 0 Å². The summed E-state index contributed by atoms with van der Waals surface area (Å²) >= 11 is 0. The highest BCUT2D eigenvalue weighted by Gasteiger charge is 2.77. The highest BCUT2D eigenvalue weighted by molar-refractivity contribution is 6.12. The molecule has 1 heterocycles. The lowest BCUT2D eigenvalue weighted by Crippen LogP contribution is -2.38. The van der Waals surface area contributed by atoms with Gasteiger partial charge in [0.25, 0.3) is 0 Å². The highest BCUT2D eigenvalue weighted by atomic mass is 19.1. The van der Waals surface area contributed by atoms with Gasteiger partial charge >= 0.3 is 5.97 Å². The van der Waals surface area contributed by atoms with Gasteiger partial charge in [0.2, 0.25) is 5.91 Å². The number of para-hydroxylation sites is 1. The number of hydrogen-bond acceptors (Lipinski definition) is 2. The van der Waals surface area contributed by atoms with Crippen molar-refractivity contribution in [2.24, 2.45) is 5.92 Å². The molecular formula is C27H24FNO3. The molecule has 32 heavy (non-hydrogen) atoms. The number of halogens is 1. The first-order valence-corrected chi connectivity index (χ1v) is 10.8. The molecule has 1 fully saturated rings. The van der Waals surface area contributed by atoms with Gasteiger partial charge in [0.05, 0.1) is 17.5 Å². The smallest absolute Gasteiger partial charge is 0.335 e. The topological polar surface area (TPSA) is 57.6 Å². The predicted octanol–water partition coefficient (Wildman–Crippen LogP) is 5.31. The maximum atomic E-state index is 14.2. The Kier molecular flexibility index (Phi) is 4.48. The number of rotatable bonds is 5. The molecule has 3 aromatic rings. The molecule has 5 heteroatoms. The second-order valence-corrected chi connectivity index (χ2v) is 9.13. The second kappa shape index (κ2) is 7.02. The lowest BCUT2D eigenvalue weighted by Gasteiger charge is -2.27. The van der Waals surface area contributed by atoms with Crippen LogP contribution in [-0.2, 0) is 22.2 Å². The van der Waals surface area contributed by atoms with Crippen LogP contribution in [0.4, 0.5) is 10.1 Å². The van der Waals surface area contributed by atoms with E-state index in [2.05, 4.69) is 13.8 Å². The van der Waals surface area contributed by atoms with Crippen LogP contribution >= 0.6 is 0 Å². The number of benzene rings is 3. The Morgan fingerprint density at radius 1 is 1.06 bits per heavy atom. The number of hydrogen-bond donors (Lipinski definition) is 1. The number of anilines is 1. The fourth-order valence-electron chi connectivity index (χ4n) is 5.79. The molecule has 0 aromatic heterocycles. The average Bonchev–Trinajstić information content (AvgIpc) is 3.45. The third kappa shape index (κ3) is 2.67. The van der Waals surface area contributed by atoms with Gasteiger partial charge in [0.1, 0.15) is 5.82 Å². The molecule has 1 N–H and O–H groups in total. The Labute approximate surface area is 186 Å². The molecular weight excluding hydrogens is 405 g/mol. The number of carboxylic acid groups (broad SMARTS) is 1. The van der Waals surface area contributed by atoms with Gasteiger partial charge in [-0.15, -0.1) is 0 Å². The summed E-state index contributed by atoms with van der Waals surface area (Å²) in [7, 11) is 0. The van der Waals surface area contributed by atoms with Crippen molar-refractivity contribution in [1.29, 1.82) is 0 Å². The minimum atomic E-state index is -0.997. The van der Waals surface area contributed by atoms with Crippen molar-refractivity contribution >= 4 is 17.6 Å². The molecule has 1 aliphatic heterocycles. The number of nitrogens with zero attached hydrogens (tertiary/aromatic N) is 1. The Hall–Kier alpha value is -3.47. The van der Waals surface area contributed by atoms with Crippen LogP contribution in [-0.4, -0.2) is 17.0 Å². The Bertz CT molecular complexity index is 1250. The predicted molar refractivity (Wildman–Crippen MR) is 120 cm³/mol. The molecule has 4 nitrogen and oxygen atoms in total. The van der Waals surface area contributed by atoms with E-state index in [-0.39, 0.29) is 29.8 Å². The molecule has 1 saturated carbocycles. The molecule has 2 unspecified atom stereocenters. The summed E-state index contributed by atoms with van der Waals surface area (Å²) in [6.45, 7) is 4.47. The molecule has 0 saturated heterocycles. The van der Waals surface area contributed by atoms with Crippen molar-refractivity contribution in [2.45, 2.75) is 37.6 Å². The van der Waals surface area contributed by atoms with Gasteiger partial charge in [-0.3, -0.25) is 4.79 Å². The van der Waals surface area contributed by atoms with Gasteiger partial charge in [-0.2, -0.15) is 0 Å². The van der Waals surface area contributed by atoms with Gasteiger partial charge < -0.3 is 10.0 Å². The zero-order valence-corrected chi connectivity index (χ0v) is 18.0. The van der Waals surface area contributed by atoms with Crippen molar-refractivity contribution in [2.75, 3.05) is 4.90 Å². The van der Waals surface area contributed by atoms with Gasteiger partial charge in [-0.05, 0) is 59.4 Å². The van der Waals surface area contributed by atoms with Crippen LogP contribution in [0.2, 0.25) is 0 Å². The first-order valence-electron chi connectivity index (χ1n) is 10.8. The fourth-order valence-corrected chi connectivity index (χ4v) is 5.79. The zero-order valence-electron chi connectivity index (χ0n) is 18.0. The molecule has 3 aromatic carbocycles. The van der Waals surface area contributed by atoms with Crippen LogP contribution in [0.1, 0.15) is 47.3 Å². The number of aromatic carboxylic acids is 1. The van der Waals surface area contributed by atoms with Crippen molar-refractivity contribution in [3.05, 3.63) is 101 Å². The average molecular weight is 429 g/mol. The van der Waals surface area contributed by atoms with E-state index in [1.807, 2.05) is 36.4 Å². The molecule has 2 aliphatic rings. The van der Waals surface area contributed by atoms with E-state index in [1.165, 1.54) is 6.07 Å². The normalized spacial score (nSPS) is 23.6. The van der Waals surface area contributed by atoms with E-state index in [1.54, 1.807) is 35.2 Å². The van der Waals surface area contributed by atoms with E-state index in [0.717, 1.165) is 22.4 Å². The molecule has 162 valence electrons. The zero-order chi connectivity index (χ0) is 22.7. The van der Waals surface area contributed by atoms with Crippen LogP contribution < -0.4 is 4.90 Å². The number of carbonyl (C=O) groups excluding carboxylic acids is 1. The van der Waals surface area contributed by atoms with E-state index in [4.69, 9.17) is 0 Å². The maximum absolute atomic E-state index is 14.2. The van der Waals surface area contributed by atoms with Crippen molar-refractivity contribution < 1.29 is 19.1 Å². The first kappa shape index (κ1) is 20.4.